The second-order valence-electron chi connectivity index (χ2n) is 4.06. The number of carboxylic acid groups (broad SMARTS) is 1. The van der Waals surface area contributed by atoms with Gasteiger partial charge in [0.2, 0.25) is 0 Å². The SMILES string of the molecule is O=C(O)CC1CSCCN1C(=O)c1ccncc1. The Morgan fingerprint density at radius 3 is 2.83 bits per heavy atom. The van der Waals surface area contributed by atoms with Gasteiger partial charge in [0, 0.05) is 36.0 Å². The summed E-state index contributed by atoms with van der Waals surface area (Å²) in [4.78, 5) is 28.6. The highest BCUT2D eigenvalue weighted by Crippen LogP contribution is 2.21. The number of carbonyl (C=O) groups is 2. The van der Waals surface area contributed by atoms with Crippen LogP contribution in [-0.2, 0) is 4.79 Å². The molecule has 1 aliphatic rings. The van der Waals surface area contributed by atoms with E-state index in [4.69, 9.17) is 5.11 Å². The third kappa shape index (κ3) is 3.01. The molecule has 0 aliphatic carbocycles. The predicted molar refractivity (Wildman–Crippen MR) is 68.6 cm³/mol. The molecule has 0 bridgehead atoms. The summed E-state index contributed by atoms with van der Waals surface area (Å²) in [6, 6.07) is 3.09. The molecule has 1 atom stereocenters. The van der Waals surface area contributed by atoms with E-state index >= 15 is 0 Å². The molecule has 0 saturated carbocycles. The number of hydrogen-bond acceptors (Lipinski definition) is 4. The molecule has 0 aromatic carbocycles. The van der Waals surface area contributed by atoms with Crippen molar-refractivity contribution < 1.29 is 14.7 Å². The van der Waals surface area contributed by atoms with Gasteiger partial charge in [-0.25, -0.2) is 0 Å². The molecule has 1 unspecified atom stereocenters. The van der Waals surface area contributed by atoms with Gasteiger partial charge in [-0.2, -0.15) is 11.8 Å². The smallest absolute Gasteiger partial charge is 0.305 e. The lowest BCUT2D eigenvalue weighted by Crippen LogP contribution is -2.47. The van der Waals surface area contributed by atoms with Gasteiger partial charge in [-0.15, -0.1) is 0 Å². The van der Waals surface area contributed by atoms with Gasteiger partial charge >= 0.3 is 5.97 Å². The Morgan fingerprint density at radius 2 is 2.17 bits per heavy atom. The van der Waals surface area contributed by atoms with Gasteiger partial charge in [0.1, 0.15) is 0 Å². The second-order valence-corrected chi connectivity index (χ2v) is 5.21. The van der Waals surface area contributed by atoms with Crippen LogP contribution in [0.2, 0.25) is 0 Å². The van der Waals surface area contributed by atoms with E-state index < -0.39 is 5.97 Å². The fourth-order valence-electron chi connectivity index (χ4n) is 1.95. The summed E-state index contributed by atoms with van der Waals surface area (Å²) in [5.74, 6) is 0.565. The minimum absolute atomic E-state index is 0.00379. The van der Waals surface area contributed by atoms with Gasteiger partial charge in [0.15, 0.2) is 0 Å². The lowest BCUT2D eigenvalue weighted by atomic mass is 10.1. The van der Waals surface area contributed by atoms with Crippen molar-refractivity contribution in [3.05, 3.63) is 30.1 Å². The fourth-order valence-corrected chi connectivity index (χ4v) is 3.02. The standard InChI is InChI=1S/C12H14N2O3S/c15-11(16)7-10-8-18-6-5-14(10)12(17)9-1-3-13-4-2-9/h1-4,10H,5-8H2,(H,15,16). The molecular weight excluding hydrogens is 252 g/mol. The summed E-state index contributed by atoms with van der Waals surface area (Å²) in [5, 5.41) is 8.88. The number of nitrogens with zero attached hydrogens (tertiary/aromatic N) is 2. The molecule has 1 aromatic rings. The molecule has 1 saturated heterocycles. The first-order valence-corrected chi connectivity index (χ1v) is 6.84. The summed E-state index contributed by atoms with van der Waals surface area (Å²) in [5.41, 5.74) is 0.562. The van der Waals surface area contributed by atoms with E-state index in [-0.39, 0.29) is 18.4 Å². The molecule has 1 aliphatic heterocycles. The molecular formula is C12H14N2O3S. The highest BCUT2D eigenvalue weighted by Gasteiger charge is 2.29. The summed E-state index contributed by atoms with van der Waals surface area (Å²) in [6.07, 6.45) is 3.14. The summed E-state index contributed by atoms with van der Waals surface area (Å²) in [6.45, 7) is 0.601. The van der Waals surface area contributed by atoms with Gasteiger partial charge in [-0.3, -0.25) is 14.6 Å². The number of hydrogen-bond donors (Lipinski definition) is 1. The van der Waals surface area contributed by atoms with E-state index in [2.05, 4.69) is 4.98 Å². The van der Waals surface area contributed by atoms with Crippen molar-refractivity contribution in [2.75, 3.05) is 18.1 Å². The van der Waals surface area contributed by atoms with Gasteiger partial charge in [0.25, 0.3) is 5.91 Å². The lowest BCUT2D eigenvalue weighted by Gasteiger charge is -2.34. The van der Waals surface area contributed by atoms with Crippen molar-refractivity contribution in [3.8, 4) is 0 Å². The Kier molecular flexibility index (Phi) is 4.19. The molecule has 5 nitrogen and oxygen atoms in total. The van der Waals surface area contributed by atoms with Crippen LogP contribution in [0, 0.1) is 0 Å². The third-order valence-corrected chi connectivity index (χ3v) is 3.92. The van der Waals surface area contributed by atoms with E-state index in [0.29, 0.717) is 17.9 Å². The van der Waals surface area contributed by atoms with E-state index in [9.17, 15) is 9.59 Å². The minimum Gasteiger partial charge on any atom is -0.481 e. The molecule has 2 rings (SSSR count). The molecule has 6 heteroatoms. The quantitative estimate of drug-likeness (QED) is 0.887. The molecule has 96 valence electrons. The maximum Gasteiger partial charge on any atom is 0.305 e. The Labute approximate surface area is 109 Å². The average molecular weight is 266 g/mol. The summed E-state index contributed by atoms with van der Waals surface area (Å²) in [7, 11) is 0. The Hall–Kier alpha value is -1.56. The van der Waals surface area contributed by atoms with Crippen LogP contribution in [-0.4, -0.2) is 51.0 Å². The van der Waals surface area contributed by atoms with Gasteiger partial charge < -0.3 is 10.0 Å². The van der Waals surface area contributed by atoms with Crippen molar-refractivity contribution in [1.29, 1.82) is 0 Å². The number of aromatic nitrogens is 1. The number of thioether (sulfide) groups is 1. The van der Waals surface area contributed by atoms with Crippen LogP contribution in [0.25, 0.3) is 0 Å². The summed E-state index contributed by atoms with van der Waals surface area (Å²) < 4.78 is 0. The maximum absolute atomic E-state index is 12.3. The van der Waals surface area contributed by atoms with E-state index in [1.165, 1.54) is 0 Å². The predicted octanol–water partition coefficient (Wildman–Crippen LogP) is 1.11. The van der Waals surface area contributed by atoms with Gasteiger partial charge in [0.05, 0.1) is 12.5 Å². The van der Waals surface area contributed by atoms with Gasteiger partial charge in [-0.1, -0.05) is 0 Å². The number of carbonyl (C=O) groups excluding carboxylic acids is 1. The zero-order chi connectivity index (χ0) is 13.0. The zero-order valence-corrected chi connectivity index (χ0v) is 10.6. The average Bonchev–Trinajstić information content (AvgIpc) is 2.39. The highest BCUT2D eigenvalue weighted by atomic mass is 32.2. The fraction of sp³-hybridized carbons (Fsp3) is 0.417. The van der Waals surface area contributed by atoms with Crippen molar-refractivity contribution in [2.24, 2.45) is 0 Å². The summed E-state index contributed by atoms with van der Waals surface area (Å²) >= 11 is 1.69. The van der Waals surface area contributed by atoms with Crippen LogP contribution in [0.3, 0.4) is 0 Å². The first-order valence-electron chi connectivity index (χ1n) is 5.69. The van der Waals surface area contributed by atoms with Crippen molar-refractivity contribution in [1.82, 2.24) is 9.88 Å². The number of rotatable bonds is 3. The largest absolute Gasteiger partial charge is 0.481 e. The zero-order valence-electron chi connectivity index (χ0n) is 9.78. The van der Waals surface area contributed by atoms with E-state index in [1.54, 1.807) is 41.2 Å². The van der Waals surface area contributed by atoms with Crippen molar-refractivity contribution in [2.45, 2.75) is 12.5 Å². The second kappa shape index (κ2) is 5.86. The van der Waals surface area contributed by atoms with Gasteiger partial charge in [-0.05, 0) is 12.1 Å². The minimum atomic E-state index is -0.866. The number of aliphatic carboxylic acids is 1. The molecule has 0 spiro atoms. The van der Waals surface area contributed by atoms with Crippen LogP contribution in [0.5, 0.6) is 0 Å². The molecule has 0 radical (unpaired) electrons. The maximum atomic E-state index is 12.3. The van der Waals surface area contributed by atoms with E-state index in [0.717, 1.165) is 5.75 Å². The number of carboxylic acids is 1. The van der Waals surface area contributed by atoms with Crippen LogP contribution >= 0.6 is 11.8 Å². The lowest BCUT2D eigenvalue weighted by molar-refractivity contribution is -0.138. The van der Waals surface area contributed by atoms with Crippen LogP contribution in [0.4, 0.5) is 0 Å². The topological polar surface area (TPSA) is 70.5 Å². The molecule has 1 N–H and O–H groups in total. The molecule has 1 amide bonds. The number of amides is 1. The Morgan fingerprint density at radius 1 is 1.44 bits per heavy atom. The molecule has 1 fully saturated rings. The Bertz CT molecular complexity index is 438. The van der Waals surface area contributed by atoms with E-state index in [1.807, 2.05) is 0 Å². The van der Waals surface area contributed by atoms with Crippen molar-refractivity contribution in [3.63, 3.8) is 0 Å². The molecule has 1 aromatic heterocycles. The first-order chi connectivity index (χ1) is 8.68. The van der Waals surface area contributed by atoms with Crippen molar-refractivity contribution >= 4 is 23.6 Å². The van der Waals surface area contributed by atoms with Crippen LogP contribution in [0.15, 0.2) is 24.5 Å². The first kappa shape index (κ1) is 12.9. The van der Waals surface area contributed by atoms with Crippen LogP contribution in [0.1, 0.15) is 16.8 Å². The normalized spacial score (nSPS) is 19.6. The Balaban J connectivity index is 2.13. The number of pyridine rings is 1. The van der Waals surface area contributed by atoms with Crippen LogP contribution < -0.4 is 0 Å². The molecule has 2 heterocycles. The molecule has 18 heavy (non-hydrogen) atoms. The monoisotopic (exact) mass is 266 g/mol. The highest BCUT2D eigenvalue weighted by molar-refractivity contribution is 7.99. The third-order valence-electron chi connectivity index (χ3n) is 2.83.